The van der Waals surface area contributed by atoms with E-state index in [4.69, 9.17) is 6.42 Å². The summed E-state index contributed by atoms with van der Waals surface area (Å²) in [5, 5.41) is 3.48. The van der Waals surface area contributed by atoms with Crippen LogP contribution in [0.5, 0.6) is 0 Å². The van der Waals surface area contributed by atoms with Gasteiger partial charge >= 0.3 is 0 Å². The summed E-state index contributed by atoms with van der Waals surface area (Å²) in [6.07, 6.45) is 15.0. The lowest BCUT2D eigenvalue weighted by atomic mass is 9.92. The molecule has 1 N–H and O–H groups in total. The van der Waals surface area contributed by atoms with Gasteiger partial charge in [0.15, 0.2) is 0 Å². The third kappa shape index (κ3) is 3.72. The smallest absolute Gasteiger partial charge is 0.0715 e. The summed E-state index contributed by atoms with van der Waals surface area (Å²) >= 11 is 0. The maximum absolute atomic E-state index is 5.58. The van der Waals surface area contributed by atoms with E-state index in [0.29, 0.717) is 6.04 Å². The lowest BCUT2D eigenvalue weighted by Gasteiger charge is -2.22. The summed E-state index contributed by atoms with van der Waals surface area (Å²) < 4.78 is 0. The second kappa shape index (κ2) is 6.90. The summed E-state index contributed by atoms with van der Waals surface area (Å²) in [7, 11) is 0. The van der Waals surface area contributed by atoms with Gasteiger partial charge in [0.2, 0.25) is 0 Å². The van der Waals surface area contributed by atoms with Crippen LogP contribution >= 0.6 is 0 Å². The SMILES string of the molecule is C#CC(NCCC)C1CCCCCC1. The largest absolute Gasteiger partial charge is 0.303 e. The fraction of sp³-hybridized carbons (Fsp3) is 0.846. The first-order chi connectivity index (χ1) is 6.88. The highest BCUT2D eigenvalue weighted by atomic mass is 14.9. The standard InChI is InChI=1S/C13H23N/c1-3-11-14-13(4-2)12-9-7-5-6-8-10-12/h2,12-14H,3,5-11H2,1H3. The molecule has 0 aromatic rings. The van der Waals surface area contributed by atoms with Crippen LogP contribution < -0.4 is 5.32 Å². The average molecular weight is 193 g/mol. The second-order valence-electron chi connectivity index (χ2n) is 4.35. The van der Waals surface area contributed by atoms with E-state index in [1.54, 1.807) is 0 Å². The van der Waals surface area contributed by atoms with E-state index >= 15 is 0 Å². The zero-order valence-corrected chi connectivity index (χ0v) is 9.39. The van der Waals surface area contributed by atoms with Crippen LogP contribution in [0.25, 0.3) is 0 Å². The normalized spacial score (nSPS) is 21.1. The molecule has 1 unspecified atom stereocenters. The van der Waals surface area contributed by atoms with E-state index in [0.717, 1.165) is 12.5 Å². The molecule has 0 amide bonds. The monoisotopic (exact) mass is 193 g/mol. The first-order valence-corrected chi connectivity index (χ1v) is 6.08. The molecule has 80 valence electrons. The van der Waals surface area contributed by atoms with Crippen molar-refractivity contribution in [3.8, 4) is 12.3 Å². The average Bonchev–Trinajstić information content (AvgIpc) is 2.48. The van der Waals surface area contributed by atoms with Crippen molar-refractivity contribution < 1.29 is 0 Å². The van der Waals surface area contributed by atoms with Crippen molar-refractivity contribution in [2.24, 2.45) is 5.92 Å². The lowest BCUT2D eigenvalue weighted by Crippen LogP contribution is -2.35. The first-order valence-electron chi connectivity index (χ1n) is 6.08. The molecule has 0 aromatic carbocycles. The van der Waals surface area contributed by atoms with Gasteiger partial charge in [0.1, 0.15) is 0 Å². The number of hydrogen-bond acceptors (Lipinski definition) is 1. The third-order valence-corrected chi connectivity index (χ3v) is 3.17. The van der Waals surface area contributed by atoms with Crippen LogP contribution in [0.2, 0.25) is 0 Å². The zero-order valence-electron chi connectivity index (χ0n) is 9.39. The number of terminal acetylenes is 1. The highest BCUT2D eigenvalue weighted by molar-refractivity contribution is 5.02. The Morgan fingerprint density at radius 3 is 2.43 bits per heavy atom. The van der Waals surface area contributed by atoms with Crippen molar-refractivity contribution in [1.82, 2.24) is 5.32 Å². The molecule has 1 rings (SSSR count). The van der Waals surface area contributed by atoms with Gasteiger partial charge in [-0.05, 0) is 31.7 Å². The van der Waals surface area contributed by atoms with Crippen LogP contribution in [0.3, 0.4) is 0 Å². The Bertz CT molecular complexity index is 172. The van der Waals surface area contributed by atoms with Gasteiger partial charge in [-0.15, -0.1) is 6.42 Å². The summed E-state index contributed by atoms with van der Waals surface area (Å²) in [6.45, 7) is 3.25. The Hall–Kier alpha value is -0.480. The molecule has 1 aliphatic rings. The topological polar surface area (TPSA) is 12.0 Å². The summed E-state index contributed by atoms with van der Waals surface area (Å²) in [5.74, 6) is 3.65. The highest BCUT2D eigenvalue weighted by Crippen LogP contribution is 2.25. The molecule has 0 aromatic heterocycles. The molecule has 0 bridgehead atoms. The molecule has 1 heteroatoms. The number of nitrogens with one attached hydrogen (secondary N) is 1. The number of hydrogen-bond donors (Lipinski definition) is 1. The van der Waals surface area contributed by atoms with Crippen molar-refractivity contribution in [2.45, 2.75) is 57.9 Å². The summed E-state index contributed by atoms with van der Waals surface area (Å²) in [4.78, 5) is 0. The third-order valence-electron chi connectivity index (χ3n) is 3.17. The highest BCUT2D eigenvalue weighted by Gasteiger charge is 2.19. The molecule has 1 aliphatic carbocycles. The molecule has 0 aliphatic heterocycles. The molecule has 14 heavy (non-hydrogen) atoms. The van der Waals surface area contributed by atoms with Crippen LogP contribution in [0, 0.1) is 18.3 Å². The predicted octanol–water partition coefficient (Wildman–Crippen LogP) is 2.96. The summed E-state index contributed by atoms with van der Waals surface area (Å²) in [6, 6.07) is 0.327. The molecule has 1 saturated carbocycles. The van der Waals surface area contributed by atoms with Crippen LogP contribution in [0.15, 0.2) is 0 Å². The minimum absolute atomic E-state index is 0.327. The fourth-order valence-electron chi connectivity index (χ4n) is 2.31. The predicted molar refractivity (Wildman–Crippen MR) is 62.1 cm³/mol. The fourth-order valence-corrected chi connectivity index (χ4v) is 2.31. The van der Waals surface area contributed by atoms with Gasteiger partial charge < -0.3 is 5.32 Å². The molecule has 0 heterocycles. The molecule has 1 atom stereocenters. The lowest BCUT2D eigenvalue weighted by molar-refractivity contribution is 0.373. The van der Waals surface area contributed by atoms with E-state index in [1.165, 1.54) is 44.9 Å². The molecular weight excluding hydrogens is 170 g/mol. The van der Waals surface area contributed by atoms with Crippen LogP contribution in [-0.4, -0.2) is 12.6 Å². The zero-order chi connectivity index (χ0) is 10.2. The molecule has 0 saturated heterocycles. The molecule has 0 spiro atoms. The van der Waals surface area contributed by atoms with Crippen molar-refractivity contribution in [3.05, 3.63) is 0 Å². The Morgan fingerprint density at radius 2 is 1.93 bits per heavy atom. The van der Waals surface area contributed by atoms with Crippen LogP contribution in [-0.2, 0) is 0 Å². The van der Waals surface area contributed by atoms with Gasteiger partial charge in [0.05, 0.1) is 6.04 Å². The summed E-state index contributed by atoms with van der Waals surface area (Å²) in [5.41, 5.74) is 0. The van der Waals surface area contributed by atoms with Crippen molar-refractivity contribution in [1.29, 1.82) is 0 Å². The number of rotatable bonds is 4. The van der Waals surface area contributed by atoms with E-state index in [-0.39, 0.29) is 0 Å². The van der Waals surface area contributed by atoms with E-state index in [9.17, 15) is 0 Å². The van der Waals surface area contributed by atoms with Crippen LogP contribution in [0.1, 0.15) is 51.9 Å². The maximum atomic E-state index is 5.58. The molecule has 1 fully saturated rings. The van der Waals surface area contributed by atoms with Crippen molar-refractivity contribution in [3.63, 3.8) is 0 Å². The van der Waals surface area contributed by atoms with E-state index in [1.807, 2.05) is 0 Å². The molecular formula is C13H23N. The van der Waals surface area contributed by atoms with Crippen molar-refractivity contribution >= 4 is 0 Å². The van der Waals surface area contributed by atoms with E-state index < -0.39 is 0 Å². The molecule has 1 nitrogen and oxygen atoms in total. The van der Waals surface area contributed by atoms with Gasteiger partial charge in [-0.25, -0.2) is 0 Å². The van der Waals surface area contributed by atoms with Gasteiger partial charge in [0, 0.05) is 0 Å². The Balaban J connectivity index is 2.37. The van der Waals surface area contributed by atoms with Gasteiger partial charge in [-0.3, -0.25) is 0 Å². The Kier molecular flexibility index (Phi) is 5.71. The van der Waals surface area contributed by atoms with Gasteiger partial charge in [-0.1, -0.05) is 38.5 Å². The molecule has 0 radical (unpaired) electrons. The Morgan fingerprint density at radius 1 is 1.29 bits per heavy atom. The van der Waals surface area contributed by atoms with Crippen molar-refractivity contribution in [2.75, 3.05) is 6.54 Å². The first kappa shape index (κ1) is 11.6. The quantitative estimate of drug-likeness (QED) is 0.534. The second-order valence-corrected chi connectivity index (χ2v) is 4.35. The van der Waals surface area contributed by atoms with Crippen LogP contribution in [0.4, 0.5) is 0 Å². The maximum Gasteiger partial charge on any atom is 0.0715 e. The van der Waals surface area contributed by atoms with Gasteiger partial charge in [-0.2, -0.15) is 0 Å². The van der Waals surface area contributed by atoms with Gasteiger partial charge in [0.25, 0.3) is 0 Å². The minimum Gasteiger partial charge on any atom is -0.303 e. The van der Waals surface area contributed by atoms with E-state index in [2.05, 4.69) is 18.2 Å². The Labute approximate surface area is 88.7 Å². The minimum atomic E-state index is 0.327.